The van der Waals surface area contributed by atoms with E-state index in [0.29, 0.717) is 63.4 Å². The minimum Gasteiger partial charge on any atom is -0.464 e. The lowest BCUT2D eigenvalue weighted by atomic mass is 9.84. The van der Waals surface area contributed by atoms with E-state index >= 15 is 0 Å². The van der Waals surface area contributed by atoms with Gasteiger partial charge in [0.15, 0.2) is 0 Å². The van der Waals surface area contributed by atoms with Gasteiger partial charge >= 0.3 is 12.0 Å². The Hall–Kier alpha value is -5.43. The first-order valence-corrected chi connectivity index (χ1v) is 24.5. The van der Waals surface area contributed by atoms with Gasteiger partial charge in [0, 0.05) is 99.4 Å². The first-order chi connectivity index (χ1) is 32.0. The summed E-state index contributed by atoms with van der Waals surface area (Å²) in [6.45, 7) is 14.7. The number of hydrogen-bond acceptors (Lipinski definition) is 12. The number of cyclic esters (lactones) is 1. The SMILES string of the molecule is CCn1c(-c2cccnc2[C@H](C)OC)c2c3cc(ccc31)-c1csc(n1)C[C@H](NC(=O)[C@H](C(C)C)N(C)C(=O)N1CC[C@@H](N(C)C(=O)[C@H]3CN3)C1)C(=O)N1CCC[C@H](N1)C(=O)OCC(C)(C)C2. The number of pyridine rings is 1. The number of likely N-dealkylation sites (tertiary alicyclic amines) is 1. The van der Waals surface area contributed by atoms with Crippen LogP contribution in [0.5, 0.6) is 0 Å². The third kappa shape index (κ3) is 9.94. The molecule has 3 fully saturated rings. The fourth-order valence-electron chi connectivity index (χ4n) is 9.98. The number of nitrogens with zero attached hydrogens (tertiary/aromatic N) is 7. The number of benzene rings is 1. The van der Waals surface area contributed by atoms with Crippen LogP contribution in [0.4, 0.5) is 4.79 Å². The van der Waals surface area contributed by atoms with E-state index < -0.39 is 41.3 Å². The zero-order chi connectivity index (χ0) is 47.9. The second-order valence-corrected chi connectivity index (χ2v) is 20.6. The maximum absolute atomic E-state index is 14.7. The lowest BCUT2D eigenvalue weighted by Gasteiger charge is -2.37. The standard InChI is InChI=1S/C49H66N10O7S/c1-10-58-39-16-15-30-21-33(39)34(43(58)32-13-11-18-50-41(32)29(4)65-9)23-49(5,6)27-66-47(63)35-14-12-19-59(54-35)46(62)36(22-40-52-38(30)26-67-40)53-44(60)42(28(2)3)56(8)48(64)57-20-17-31(25-57)55(7)45(61)37-24-51-37/h11,13,15-16,18,21,26,28-29,31,35-37,42,51,54H,10,12,14,17,19-20,22-25,27H2,1-9H3,(H,53,60)/t29-,31+,35-,36-,37+,42-/m0/s1. The second-order valence-electron chi connectivity index (χ2n) is 19.7. The van der Waals surface area contributed by atoms with E-state index in [9.17, 15) is 24.0 Å². The summed E-state index contributed by atoms with van der Waals surface area (Å²) in [5.41, 5.74) is 9.28. The first kappa shape index (κ1) is 48.0. The Morgan fingerprint density at radius 3 is 2.60 bits per heavy atom. The fourth-order valence-corrected chi connectivity index (χ4v) is 10.8. The lowest BCUT2D eigenvalue weighted by Crippen LogP contribution is -2.62. The van der Waals surface area contributed by atoms with Crippen LogP contribution in [0.2, 0.25) is 0 Å². The molecule has 3 saturated heterocycles. The zero-order valence-corrected chi connectivity index (χ0v) is 41.1. The number of aromatic nitrogens is 3. The van der Waals surface area contributed by atoms with Crippen molar-refractivity contribution >= 4 is 52.0 Å². The largest absolute Gasteiger partial charge is 0.464 e. The van der Waals surface area contributed by atoms with Gasteiger partial charge in [-0.05, 0) is 75.3 Å². The van der Waals surface area contributed by atoms with Crippen molar-refractivity contribution in [1.29, 1.82) is 0 Å². The Kier molecular flexibility index (Phi) is 14.1. The topological polar surface area (TPSA) is 193 Å². The summed E-state index contributed by atoms with van der Waals surface area (Å²) in [5.74, 6) is -1.65. The zero-order valence-electron chi connectivity index (χ0n) is 40.3. The van der Waals surface area contributed by atoms with Crippen molar-refractivity contribution in [2.24, 2.45) is 11.3 Å². The highest BCUT2D eigenvalue weighted by atomic mass is 32.1. The average molecular weight is 939 g/mol. The summed E-state index contributed by atoms with van der Waals surface area (Å²) in [6.07, 6.45) is 3.83. The van der Waals surface area contributed by atoms with Crippen molar-refractivity contribution in [2.45, 2.75) is 117 Å². The molecule has 8 rings (SSSR count). The molecule has 6 bridgehead atoms. The van der Waals surface area contributed by atoms with Gasteiger partial charge < -0.3 is 39.4 Å². The minimum atomic E-state index is -1.08. The molecule has 18 heteroatoms. The second kappa shape index (κ2) is 19.7. The number of ether oxygens (including phenoxy) is 2. The Balaban J connectivity index is 1.13. The maximum Gasteiger partial charge on any atom is 0.324 e. The van der Waals surface area contributed by atoms with E-state index in [2.05, 4.69) is 65.7 Å². The van der Waals surface area contributed by atoms with E-state index in [-0.39, 0.29) is 49.1 Å². The van der Waals surface area contributed by atoms with Crippen molar-refractivity contribution in [2.75, 3.05) is 54.0 Å². The average Bonchev–Trinajstić information content (AvgIpc) is 3.72. The molecule has 0 aliphatic carbocycles. The number of carbonyl (C=O) groups is 5. The molecular weight excluding hydrogens is 873 g/mol. The molecule has 3 aromatic heterocycles. The maximum atomic E-state index is 14.7. The minimum absolute atomic E-state index is 0.0173. The Morgan fingerprint density at radius 1 is 1.10 bits per heavy atom. The third-order valence-electron chi connectivity index (χ3n) is 13.8. The lowest BCUT2D eigenvalue weighted by molar-refractivity contribution is -0.155. The highest BCUT2D eigenvalue weighted by molar-refractivity contribution is 7.10. The number of urea groups is 1. The van der Waals surface area contributed by atoms with Gasteiger partial charge in [-0.1, -0.05) is 33.8 Å². The number of hydrazine groups is 1. The van der Waals surface area contributed by atoms with Crippen LogP contribution in [0.15, 0.2) is 41.9 Å². The summed E-state index contributed by atoms with van der Waals surface area (Å²) in [5, 5.41) is 11.2. The molecule has 17 nitrogen and oxygen atoms in total. The summed E-state index contributed by atoms with van der Waals surface area (Å²) < 4.78 is 14.2. The van der Waals surface area contributed by atoms with Crippen LogP contribution in [-0.4, -0.2) is 148 Å². The summed E-state index contributed by atoms with van der Waals surface area (Å²) in [7, 11) is 5.07. The number of carbonyl (C=O) groups excluding carboxylic acids is 5. The van der Waals surface area contributed by atoms with Gasteiger partial charge in [-0.15, -0.1) is 11.3 Å². The van der Waals surface area contributed by atoms with Gasteiger partial charge in [-0.3, -0.25) is 29.2 Å². The molecule has 6 atom stereocenters. The monoisotopic (exact) mass is 938 g/mol. The number of esters is 1. The van der Waals surface area contributed by atoms with E-state index in [1.165, 1.54) is 21.2 Å². The smallest absolute Gasteiger partial charge is 0.324 e. The highest BCUT2D eigenvalue weighted by Gasteiger charge is 2.42. The molecule has 3 N–H and O–H groups in total. The van der Waals surface area contributed by atoms with Crippen molar-refractivity contribution in [1.82, 2.24) is 50.3 Å². The van der Waals surface area contributed by atoms with Crippen molar-refractivity contribution in [3.05, 3.63) is 58.2 Å². The number of thiazole rings is 1. The molecule has 0 unspecified atom stereocenters. The van der Waals surface area contributed by atoms with Gasteiger partial charge in [0.25, 0.3) is 5.91 Å². The van der Waals surface area contributed by atoms with Gasteiger partial charge in [0.1, 0.15) is 18.1 Å². The van der Waals surface area contributed by atoms with Crippen molar-refractivity contribution < 1.29 is 33.4 Å². The molecule has 0 spiro atoms. The number of amides is 5. The Labute approximate surface area is 396 Å². The van der Waals surface area contributed by atoms with Gasteiger partial charge in [0.2, 0.25) is 11.8 Å². The van der Waals surface area contributed by atoms with Crippen LogP contribution in [0.3, 0.4) is 0 Å². The number of methoxy groups -OCH3 is 1. The van der Waals surface area contributed by atoms with Gasteiger partial charge in [-0.2, -0.15) is 0 Å². The Bertz CT molecular complexity index is 2520. The first-order valence-electron chi connectivity index (χ1n) is 23.6. The van der Waals surface area contributed by atoms with E-state index in [0.717, 1.165) is 44.7 Å². The predicted molar refractivity (Wildman–Crippen MR) is 256 cm³/mol. The molecule has 4 aromatic rings. The molecule has 4 aliphatic heterocycles. The highest BCUT2D eigenvalue weighted by Crippen LogP contribution is 2.42. The summed E-state index contributed by atoms with van der Waals surface area (Å²) in [6, 6.07) is 7.02. The molecule has 67 heavy (non-hydrogen) atoms. The summed E-state index contributed by atoms with van der Waals surface area (Å²) >= 11 is 1.41. The van der Waals surface area contributed by atoms with Crippen LogP contribution < -0.4 is 16.1 Å². The van der Waals surface area contributed by atoms with Crippen LogP contribution in [0, 0.1) is 11.3 Å². The van der Waals surface area contributed by atoms with Crippen molar-refractivity contribution in [3.8, 4) is 22.5 Å². The molecule has 0 radical (unpaired) electrons. The molecule has 0 saturated carbocycles. The molecule has 5 amide bonds. The molecule has 7 heterocycles. The third-order valence-corrected chi connectivity index (χ3v) is 14.7. The Morgan fingerprint density at radius 2 is 1.88 bits per heavy atom. The molecular formula is C49H66N10O7S. The number of fused-ring (bicyclic) bond motifs is 6. The van der Waals surface area contributed by atoms with Gasteiger partial charge in [-0.25, -0.2) is 15.2 Å². The number of nitrogens with one attached hydrogen (secondary N) is 3. The van der Waals surface area contributed by atoms with Crippen LogP contribution >= 0.6 is 11.3 Å². The van der Waals surface area contributed by atoms with Gasteiger partial charge in [0.05, 0.1) is 46.9 Å². The predicted octanol–water partition coefficient (Wildman–Crippen LogP) is 4.78. The number of likely N-dealkylation sites (N-methyl/N-ethyl adjacent to an activating group) is 2. The van der Waals surface area contributed by atoms with Crippen LogP contribution in [0.25, 0.3) is 33.4 Å². The fraction of sp³-hybridized carbons (Fsp3) is 0.571. The molecule has 360 valence electrons. The number of hydrogen-bond donors (Lipinski definition) is 3. The van der Waals surface area contributed by atoms with E-state index in [1.54, 1.807) is 37.2 Å². The normalized spacial score (nSPS) is 22.8. The molecule has 4 aliphatic rings. The van der Waals surface area contributed by atoms with E-state index in [1.807, 2.05) is 32.2 Å². The number of aryl methyl sites for hydroxylation is 1. The summed E-state index contributed by atoms with van der Waals surface area (Å²) in [4.78, 5) is 84.7. The quantitative estimate of drug-likeness (QED) is 0.146. The molecule has 1 aromatic carbocycles. The van der Waals surface area contributed by atoms with Crippen LogP contribution in [0.1, 0.15) is 83.2 Å². The van der Waals surface area contributed by atoms with Crippen LogP contribution in [-0.2, 0) is 48.0 Å². The van der Waals surface area contributed by atoms with E-state index in [4.69, 9.17) is 19.4 Å². The van der Waals surface area contributed by atoms with Crippen molar-refractivity contribution in [3.63, 3.8) is 0 Å². The number of rotatable bonds is 10.